The minimum absolute atomic E-state index is 0.103. The van der Waals surface area contributed by atoms with E-state index >= 15 is 0 Å². The molecule has 0 aromatic carbocycles. The molecule has 0 aromatic heterocycles. The van der Waals surface area contributed by atoms with Crippen LogP contribution < -0.4 is 0 Å². The fraction of sp³-hybridized carbons (Fsp3) is 0.600. The molecule has 0 N–H and O–H groups in total. The van der Waals surface area contributed by atoms with Crippen molar-refractivity contribution < 1.29 is 9.59 Å². The van der Waals surface area contributed by atoms with Crippen LogP contribution in [0.25, 0.3) is 0 Å². The predicted molar refractivity (Wildman–Crippen MR) is 42.3 cm³/mol. The molecule has 1 atom stereocenters. The van der Waals surface area contributed by atoms with Gasteiger partial charge in [0.15, 0.2) is 5.78 Å². The number of ketones is 1. The van der Waals surface area contributed by atoms with Crippen LogP contribution in [0.4, 0.5) is 0 Å². The fourth-order valence-electron chi connectivity index (χ4n) is 0.328. The Morgan fingerprint density at radius 2 is 2.22 bits per heavy atom. The van der Waals surface area contributed by atoms with Crippen LogP contribution >= 0.6 is 25.3 Å². The van der Waals surface area contributed by atoms with Crippen LogP contribution in [0.5, 0.6) is 0 Å². The van der Waals surface area contributed by atoms with E-state index in [0.717, 1.165) is 0 Å². The highest BCUT2D eigenvalue weighted by atomic mass is 32.1. The highest BCUT2D eigenvalue weighted by Gasteiger charge is 2.09. The molecule has 0 aliphatic carbocycles. The second-order valence-corrected chi connectivity index (χ2v) is 2.48. The Kier molecular flexibility index (Phi) is 4.90. The van der Waals surface area contributed by atoms with E-state index in [9.17, 15) is 9.59 Å². The first-order valence-corrected chi connectivity index (χ1v) is 3.62. The molecule has 9 heavy (non-hydrogen) atoms. The molecule has 4 heteroatoms. The van der Waals surface area contributed by atoms with Crippen molar-refractivity contribution in [3.63, 3.8) is 0 Å². The Bertz CT molecular complexity index is 114. The molecule has 0 spiro atoms. The van der Waals surface area contributed by atoms with E-state index in [0.29, 0.717) is 6.29 Å². The standard InChI is InChI=1S/C5H8O2S2/c6-2-1-5(9)4(7)3-8/h2,5,8-9H,1,3H2. The van der Waals surface area contributed by atoms with E-state index in [2.05, 4.69) is 25.3 Å². The largest absolute Gasteiger partial charge is 0.303 e. The second kappa shape index (κ2) is 4.88. The lowest BCUT2D eigenvalue weighted by atomic mass is 10.2. The van der Waals surface area contributed by atoms with Gasteiger partial charge in [0.05, 0.1) is 11.0 Å². The number of Topliss-reactive ketones (excluding diaryl/α,β-unsaturated/α-hetero) is 1. The molecule has 52 valence electrons. The molecular formula is C5H8O2S2. The fourth-order valence-corrected chi connectivity index (χ4v) is 0.870. The summed E-state index contributed by atoms with van der Waals surface area (Å²) in [5.41, 5.74) is 0. The van der Waals surface area contributed by atoms with Crippen LogP contribution in [-0.4, -0.2) is 23.1 Å². The van der Waals surface area contributed by atoms with Gasteiger partial charge in [-0.2, -0.15) is 25.3 Å². The molecule has 0 amide bonds. The van der Waals surface area contributed by atoms with Gasteiger partial charge in [-0.05, 0) is 0 Å². The van der Waals surface area contributed by atoms with E-state index in [-0.39, 0.29) is 18.0 Å². The Morgan fingerprint density at radius 3 is 2.56 bits per heavy atom. The predicted octanol–water partition coefficient (Wildman–Crippen LogP) is 0.373. The molecule has 2 nitrogen and oxygen atoms in total. The van der Waals surface area contributed by atoms with Crippen molar-refractivity contribution in [1.82, 2.24) is 0 Å². The van der Waals surface area contributed by atoms with E-state index in [1.54, 1.807) is 0 Å². The quantitative estimate of drug-likeness (QED) is 0.465. The Morgan fingerprint density at radius 1 is 1.67 bits per heavy atom. The SMILES string of the molecule is O=CCC(S)C(=O)CS. The summed E-state index contributed by atoms with van der Waals surface area (Å²) in [5.74, 6) is 0.0518. The molecular weight excluding hydrogens is 156 g/mol. The van der Waals surface area contributed by atoms with Crippen molar-refractivity contribution in [3.8, 4) is 0 Å². The highest BCUT2D eigenvalue weighted by molar-refractivity contribution is 7.83. The first kappa shape index (κ1) is 9.04. The van der Waals surface area contributed by atoms with Crippen molar-refractivity contribution in [1.29, 1.82) is 0 Å². The maximum absolute atomic E-state index is 10.6. The molecule has 0 aliphatic rings. The average molecular weight is 164 g/mol. The highest BCUT2D eigenvalue weighted by Crippen LogP contribution is 2.00. The molecule has 0 saturated carbocycles. The summed E-state index contributed by atoms with van der Waals surface area (Å²) in [6.45, 7) is 0. The summed E-state index contributed by atoms with van der Waals surface area (Å²) in [6, 6.07) is 0. The lowest BCUT2D eigenvalue weighted by molar-refractivity contribution is -0.118. The smallest absolute Gasteiger partial charge is 0.155 e. The normalized spacial score (nSPS) is 12.7. The van der Waals surface area contributed by atoms with Gasteiger partial charge < -0.3 is 4.79 Å². The second-order valence-electron chi connectivity index (χ2n) is 1.54. The maximum Gasteiger partial charge on any atom is 0.155 e. The number of hydrogen-bond donors (Lipinski definition) is 2. The van der Waals surface area contributed by atoms with E-state index < -0.39 is 5.25 Å². The van der Waals surface area contributed by atoms with Crippen LogP contribution in [0.2, 0.25) is 0 Å². The van der Waals surface area contributed by atoms with Gasteiger partial charge in [0.25, 0.3) is 0 Å². The third kappa shape index (κ3) is 3.59. The summed E-state index contributed by atoms with van der Waals surface area (Å²) in [7, 11) is 0. The van der Waals surface area contributed by atoms with Crippen LogP contribution in [0.1, 0.15) is 6.42 Å². The van der Waals surface area contributed by atoms with Crippen molar-refractivity contribution in [2.24, 2.45) is 0 Å². The minimum Gasteiger partial charge on any atom is -0.303 e. The monoisotopic (exact) mass is 164 g/mol. The zero-order valence-electron chi connectivity index (χ0n) is 4.78. The van der Waals surface area contributed by atoms with E-state index in [1.807, 2.05) is 0 Å². The molecule has 1 unspecified atom stereocenters. The lowest BCUT2D eigenvalue weighted by Gasteiger charge is -2.00. The molecule has 0 saturated heterocycles. The van der Waals surface area contributed by atoms with Crippen molar-refractivity contribution >= 4 is 37.3 Å². The third-order valence-electron chi connectivity index (χ3n) is 0.847. The zero-order valence-corrected chi connectivity index (χ0v) is 6.57. The van der Waals surface area contributed by atoms with E-state index in [4.69, 9.17) is 0 Å². The Hall–Kier alpha value is 0.0400. The molecule has 0 heterocycles. The third-order valence-corrected chi connectivity index (χ3v) is 1.66. The maximum atomic E-state index is 10.6. The average Bonchev–Trinajstić information content (AvgIpc) is 1.87. The number of carbonyl (C=O) groups is 2. The molecule has 0 rings (SSSR count). The topological polar surface area (TPSA) is 34.1 Å². The van der Waals surface area contributed by atoms with Crippen LogP contribution in [0.3, 0.4) is 0 Å². The summed E-state index contributed by atoms with van der Waals surface area (Å²) in [4.78, 5) is 20.4. The first-order valence-electron chi connectivity index (χ1n) is 2.47. The van der Waals surface area contributed by atoms with Gasteiger partial charge in [-0.1, -0.05) is 0 Å². The van der Waals surface area contributed by atoms with Gasteiger partial charge in [0.2, 0.25) is 0 Å². The number of hydrogen-bond acceptors (Lipinski definition) is 4. The van der Waals surface area contributed by atoms with Gasteiger partial charge in [-0.25, -0.2) is 0 Å². The molecule has 0 radical (unpaired) electrons. The zero-order chi connectivity index (χ0) is 7.28. The first-order chi connectivity index (χ1) is 4.22. The van der Waals surface area contributed by atoms with Crippen LogP contribution in [0, 0.1) is 0 Å². The van der Waals surface area contributed by atoms with Gasteiger partial charge in [-0.3, -0.25) is 4.79 Å². The molecule has 0 aliphatic heterocycles. The lowest BCUT2D eigenvalue weighted by Crippen LogP contribution is -2.15. The molecule has 0 bridgehead atoms. The summed E-state index contributed by atoms with van der Waals surface area (Å²) >= 11 is 7.59. The minimum atomic E-state index is -0.458. The van der Waals surface area contributed by atoms with Crippen molar-refractivity contribution in [2.75, 3.05) is 5.75 Å². The Balaban J connectivity index is 3.58. The van der Waals surface area contributed by atoms with Crippen molar-refractivity contribution in [3.05, 3.63) is 0 Å². The number of thiol groups is 2. The van der Waals surface area contributed by atoms with Gasteiger partial charge >= 0.3 is 0 Å². The van der Waals surface area contributed by atoms with Gasteiger partial charge in [-0.15, -0.1) is 0 Å². The van der Waals surface area contributed by atoms with Crippen molar-refractivity contribution in [2.45, 2.75) is 11.7 Å². The molecule has 0 fully saturated rings. The molecule has 0 aromatic rings. The van der Waals surface area contributed by atoms with E-state index in [1.165, 1.54) is 0 Å². The summed E-state index contributed by atoms with van der Waals surface area (Å²) < 4.78 is 0. The summed E-state index contributed by atoms with van der Waals surface area (Å²) in [6.07, 6.45) is 0.863. The van der Waals surface area contributed by atoms with Crippen LogP contribution in [0.15, 0.2) is 0 Å². The van der Waals surface area contributed by atoms with Gasteiger partial charge in [0.1, 0.15) is 6.29 Å². The number of carbonyl (C=O) groups excluding carboxylic acids is 2. The van der Waals surface area contributed by atoms with Gasteiger partial charge in [0, 0.05) is 6.42 Å². The Labute approximate surface area is 64.8 Å². The number of rotatable bonds is 4. The summed E-state index contributed by atoms with van der Waals surface area (Å²) in [5, 5.41) is -0.458. The number of aldehydes is 1. The van der Waals surface area contributed by atoms with Crippen LogP contribution in [-0.2, 0) is 9.59 Å².